The molecule has 3 nitrogen and oxygen atoms in total. The fraction of sp³-hybridized carbons (Fsp3) is 0.143. The lowest BCUT2D eigenvalue weighted by Gasteiger charge is -2.09. The Labute approximate surface area is 112 Å². The van der Waals surface area contributed by atoms with Gasteiger partial charge in [0, 0.05) is 18.0 Å². The van der Waals surface area contributed by atoms with E-state index in [0.717, 1.165) is 12.1 Å². The van der Waals surface area contributed by atoms with Gasteiger partial charge >= 0.3 is 12.1 Å². The fourth-order valence-electron chi connectivity index (χ4n) is 1.79. The highest BCUT2D eigenvalue weighted by molar-refractivity contribution is 5.71. The van der Waals surface area contributed by atoms with Gasteiger partial charge in [0.05, 0.1) is 12.0 Å². The summed E-state index contributed by atoms with van der Waals surface area (Å²) in [5, 5.41) is 8.70. The first kappa shape index (κ1) is 14.0. The number of rotatable bonds is 3. The summed E-state index contributed by atoms with van der Waals surface area (Å²) in [5.74, 6) is -1.02. The zero-order valence-electron chi connectivity index (χ0n) is 10.2. The first-order chi connectivity index (χ1) is 9.36. The number of carboxylic acid groups (broad SMARTS) is 1. The lowest BCUT2D eigenvalue weighted by atomic mass is 10.0. The quantitative estimate of drug-likeness (QED) is 0.938. The zero-order valence-corrected chi connectivity index (χ0v) is 10.2. The van der Waals surface area contributed by atoms with Crippen LogP contribution in [-0.2, 0) is 17.4 Å². The molecule has 0 atom stereocenters. The van der Waals surface area contributed by atoms with Crippen molar-refractivity contribution in [3.8, 4) is 11.1 Å². The Morgan fingerprint density at radius 2 is 1.90 bits per heavy atom. The maximum absolute atomic E-state index is 12.6. The number of nitrogens with zero attached hydrogens (tertiary/aromatic N) is 1. The summed E-state index contributed by atoms with van der Waals surface area (Å²) < 4.78 is 37.9. The van der Waals surface area contributed by atoms with Gasteiger partial charge in [0.25, 0.3) is 0 Å². The van der Waals surface area contributed by atoms with Crippen LogP contribution in [0, 0.1) is 0 Å². The molecule has 0 aliphatic rings. The number of pyridine rings is 1. The third kappa shape index (κ3) is 3.34. The van der Waals surface area contributed by atoms with Crippen LogP contribution in [0.5, 0.6) is 0 Å². The second kappa shape index (κ2) is 5.32. The van der Waals surface area contributed by atoms with Crippen molar-refractivity contribution in [1.29, 1.82) is 0 Å². The van der Waals surface area contributed by atoms with E-state index in [2.05, 4.69) is 4.98 Å². The highest BCUT2D eigenvalue weighted by Gasteiger charge is 2.30. The van der Waals surface area contributed by atoms with Crippen molar-refractivity contribution in [1.82, 2.24) is 4.98 Å². The first-order valence-corrected chi connectivity index (χ1v) is 5.69. The van der Waals surface area contributed by atoms with Crippen LogP contribution in [0.2, 0.25) is 0 Å². The lowest BCUT2D eigenvalue weighted by molar-refractivity contribution is -0.138. The molecule has 0 saturated heterocycles. The van der Waals surface area contributed by atoms with E-state index in [0.29, 0.717) is 16.7 Å². The molecule has 0 aliphatic heterocycles. The molecule has 0 aliphatic carbocycles. The Morgan fingerprint density at radius 1 is 1.15 bits per heavy atom. The molecule has 20 heavy (non-hydrogen) atoms. The number of benzene rings is 1. The van der Waals surface area contributed by atoms with Gasteiger partial charge in [-0.3, -0.25) is 9.78 Å². The number of hydrogen-bond acceptors (Lipinski definition) is 2. The normalized spacial score (nSPS) is 11.3. The number of aliphatic carboxylic acids is 1. The van der Waals surface area contributed by atoms with Crippen LogP contribution in [0.15, 0.2) is 42.7 Å². The van der Waals surface area contributed by atoms with Crippen molar-refractivity contribution in [3.63, 3.8) is 0 Å². The minimum Gasteiger partial charge on any atom is -0.481 e. The molecule has 1 aromatic heterocycles. The molecule has 0 fully saturated rings. The molecule has 1 N–H and O–H groups in total. The van der Waals surface area contributed by atoms with Crippen LogP contribution >= 0.6 is 0 Å². The highest BCUT2D eigenvalue weighted by Crippen LogP contribution is 2.32. The van der Waals surface area contributed by atoms with Gasteiger partial charge in [-0.05, 0) is 29.3 Å². The molecule has 0 amide bonds. The van der Waals surface area contributed by atoms with E-state index in [1.54, 1.807) is 0 Å². The molecule has 0 radical (unpaired) electrons. The fourth-order valence-corrected chi connectivity index (χ4v) is 1.79. The van der Waals surface area contributed by atoms with Crippen molar-refractivity contribution in [2.24, 2.45) is 0 Å². The zero-order chi connectivity index (χ0) is 14.8. The Hall–Kier alpha value is -2.37. The molecular formula is C14H10F3NO2. The van der Waals surface area contributed by atoms with Gasteiger partial charge < -0.3 is 5.11 Å². The molecule has 0 unspecified atom stereocenters. The van der Waals surface area contributed by atoms with Crippen LogP contribution in [-0.4, -0.2) is 16.1 Å². The molecule has 1 aromatic carbocycles. The molecule has 2 rings (SSSR count). The minimum absolute atomic E-state index is 0.222. The molecule has 1 heterocycles. The van der Waals surface area contributed by atoms with Gasteiger partial charge in [-0.1, -0.05) is 12.1 Å². The average Bonchev–Trinajstić information content (AvgIpc) is 2.37. The Morgan fingerprint density at radius 3 is 2.55 bits per heavy atom. The predicted molar refractivity (Wildman–Crippen MR) is 66.0 cm³/mol. The molecule has 6 heteroatoms. The van der Waals surface area contributed by atoms with Crippen LogP contribution in [0.4, 0.5) is 13.2 Å². The maximum Gasteiger partial charge on any atom is 0.416 e. The summed E-state index contributed by atoms with van der Waals surface area (Å²) in [5.41, 5.74) is 0.487. The third-order valence-electron chi connectivity index (χ3n) is 2.67. The minimum atomic E-state index is -4.41. The standard InChI is InChI=1S/C14H10F3NO2/c15-14(16,17)12-3-1-2-10(6-12)11-4-9(5-13(19)20)7-18-8-11/h1-4,6-8H,5H2,(H,19,20). The van der Waals surface area contributed by atoms with E-state index in [4.69, 9.17) is 5.11 Å². The van der Waals surface area contributed by atoms with Crippen molar-refractivity contribution in [2.45, 2.75) is 12.6 Å². The summed E-state index contributed by atoms with van der Waals surface area (Å²) in [7, 11) is 0. The highest BCUT2D eigenvalue weighted by atomic mass is 19.4. The predicted octanol–water partition coefficient (Wildman–Crippen LogP) is 3.39. The Bertz CT molecular complexity index is 638. The van der Waals surface area contributed by atoms with Crippen molar-refractivity contribution >= 4 is 5.97 Å². The number of aromatic nitrogens is 1. The first-order valence-electron chi connectivity index (χ1n) is 5.69. The summed E-state index contributed by atoms with van der Waals surface area (Å²) in [6.45, 7) is 0. The van der Waals surface area contributed by atoms with Crippen molar-refractivity contribution in [3.05, 3.63) is 53.9 Å². The maximum atomic E-state index is 12.6. The number of carbonyl (C=O) groups is 1. The smallest absolute Gasteiger partial charge is 0.416 e. The Kier molecular flexibility index (Phi) is 3.74. The third-order valence-corrected chi connectivity index (χ3v) is 2.67. The van der Waals surface area contributed by atoms with E-state index in [9.17, 15) is 18.0 Å². The number of hydrogen-bond donors (Lipinski definition) is 1. The van der Waals surface area contributed by atoms with Gasteiger partial charge in [-0.25, -0.2) is 0 Å². The summed E-state index contributed by atoms with van der Waals surface area (Å²) in [6, 6.07) is 6.36. The van der Waals surface area contributed by atoms with Crippen LogP contribution in [0.3, 0.4) is 0 Å². The largest absolute Gasteiger partial charge is 0.481 e. The molecule has 2 aromatic rings. The molecule has 0 saturated carbocycles. The summed E-state index contributed by atoms with van der Waals surface area (Å²) in [6.07, 6.45) is -1.85. The van der Waals surface area contributed by atoms with Gasteiger partial charge in [-0.2, -0.15) is 13.2 Å². The van der Waals surface area contributed by atoms with Crippen LogP contribution in [0.1, 0.15) is 11.1 Å². The van der Waals surface area contributed by atoms with Gasteiger partial charge in [-0.15, -0.1) is 0 Å². The lowest BCUT2D eigenvalue weighted by Crippen LogP contribution is -2.04. The summed E-state index contributed by atoms with van der Waals surface area (Å²) in [4.78, 5) is 14.5. The number of halogens is 3. The van der Waals surface area contributed by atoms with Crippen LogP contribution < -0.4 is 0 Å². The monoisotopic (exact) mass is 281 g/mol. The number of alkyl halides is 3. The molecule has 0 bridgehead atoms. The summed E-state index contributed by atoms with van der Waals surface area (Å²) >= 11 is 0. The van der Waals surface area contributed by atoms with E-state index in [1.807, 2.05) is 0 Å². The average molecular weight is 281 g/mol. The second-order valence-electron chi connectivity index (χ2n) is 4.23. The van der Waals surface area contributed by atoms with Gasteiger partial charge in [0.2, 0.25) is 0 Å². The van der Waals surface area contributed by atoms with Gasteiger partial charge in [0.15, 0.2) is 0 Å². The van der Waals surface area contributed by atoms with Gasteiger partial charge in [0.1, 0.15) is 0 Å². The topological polar surface area (TPSA) is 50.2 Å². The van der Waals surface area contributed by atoms with E-state index < -0.39 is 17.7 Å². The molecular weight excluding hydrogens is 271 g/mol. The number of carboxylic acids is 1. The molecule has 0 spiro atoms. The molecule has 104 valence electrons. The van der Waals surface area contributed by atoms with Crippen molar-refractivity contribution in [2.75, 3.05) is 0 Å². The Balaban J connectivity index is 2.39. The second-order valence-corrected chi connectivity index (χ2v) is 4.23. The van der Waals surface area contributed by atoms with Crippen molar-refractivity contribution < 1.29 is 23.1 Å². The SMILES string of the molecule is O=C(O)Cc1cncc(-c2cccc(C(F)(F)F)c2)c1. The van der Waals surface area contributed by atoms with E-state index >= 15 is 0 Å². The van der Waals surface area contributed by atoms with E-state index in [-0.39, 0.29) is 6.42 Å². The van der Waals surface area contributed by atoms with Crippen LogP contribution in [0.25, 0.3) is 11.1 Å². The van der Waals surface area contributed by atoms with E-state index in [1.165, 1.54) is 30.6 Å².